The Morgan fingerprint density at radius 1 is 1.10 bits per heavy atom. The van der Waals surface area contributed by atoms with Crippen molar-refractivity contribution in [1.82, 2.24) is 15.1 Å². The van der Waals surface area contributed by atoms with Gasteiger partial charge in [-0.25, -0.2) is 0 Å². The molecule has 0 atom stereocenters. The highest BCUT2D eigenvalue weighted by Gasteiger charge is 2.42. The first-order valence-electron chi connectivity index (χ1n) is 10.5. The van der Waals surface area contributed by atoms with Crippen molar-refractivity contribution in [2.24, 2.45) is 0 Å². The number of rotatable bonds is 4. The summed E-state index contributed by atoms with van der Waals surface area (Å²) in [5.74, 6) is 1.02. The second-order valence-corrected chi connectivity index (χ2v) is 8.12. The van der Waals surface area contributed by atoms with Crippen LogP contribution in [0.2, 0.25) is 0 Å². The Morgan fingerprint density at radius 3 is 2.66 bits per heavy atom. The predicted molar refractivity (Wildman–Crippen MR) is 111 cm³/mol. The summed E-state index contributed by atoms with van der Waals surface area (Å²) in [6, 6.07) is 10.8. The lowest BCUT2D eigenvalue weighted by Crippen LogP contribution is -2.54. The molecule has 1 saturated carbocycles. The predicted octanol–water partition coefficient (Wildman–Crippen LogP) is 3.91. The van der Waals surface area contributed by atoms with Crippen LogP contribution >= 0.6 is 0 Å². The highest BCUT2D eigenvalue weighted by molar-refractivity contribution is 5.68. The van der Waals surface area contributed by atoms with Gasteiger partial charge >= 0.3 is 0 Å². The molecule has 0 amide bonds. The number of piperidine rings is 1. The van der Waals surface area contributed by atoms with Crippen LogP contribution in [0.25, 0.3) is 12.2 Å². The zero-order valence-electron chi connectivity index (χ0n) is 16.8. The molecule has 1 aromatic carbocycles. The Balaban J connectivity index is 1.24. The lowest BCUT2D eigenvalue weighted by atomic mass is 9.89. The van der Waals surface area contributed by atoms with E-state index in [1.807, 2.05) is 18.2 Å². The van der Waals surface area contributed by atoms with Gasteiger partial charge in [0.1, 0.15) is 5.75 Å². The van der Waals surface area contributed by atoms with Gasteiger partial charge in [0.2, 0.25) is 11.7 Å². The van der Waals surface area contributed by atoms with Crippen LogP contribution in [0.3, 0.4) is 0 Å². The third-order valence-corrected chi connectivity index (χ3v) is 6.34. The SMILES string of the molecule is COc1ccc(/C=C/c2ccc3c(c2)COC2(CCN(C4CCC4)CC2)O3)nn1. The molecule has 2 aromatic rings. The van der Waals surface area contributed by atoms with Crippen LogP contribution < -0.4 is 9.47 Å². The fourth-order valence-corrected chi connectivity index (χ4v) is 4.29. The van der Waals surface area contributed by atoms with E-state index < -0.39 is 5.79 Å². The van der Waals surface area contributed by atoms with Crippen LogP contribution in [-0.4, -0.2) is 47.1 Å². The van der Waals surface area contributed by atoms with E-state index in [-0.39, 0.29) is 0 Å². The fourth-order valence-electron chi connectivity index (χ4n) is 4.29. The number of hydrogen-bond acceptors (Lipinski definition) is 6. The molecule has 1 aromatic heterocycles. The quantitative estimate of drug-likeness (QED) is 0.785. The van der Waals surface area contributed by atoms with Crippen molar-refractivity contribution in [3.63, 3.8) is 0 Å². The Morgan fingerprint density at radius 2 is 1.97 bits per heavy atom. The Labute approximate surface area is 171 Å². The second kappa shape index (κ2) is 7.76. The van der Waals surface area contributed by atoms with Gasteiger partial charge in [0, 0.05) is 43.6 Å². The van der Waals surface area contributed by atoms with Crippen molar-refractivity contribution < 1.29 is 14.2 Å². The molecule has 6 heteroatoms. The summed E-state index contributed by atoms with van der Waals surface area (Å²) in [7, 11) is 1.58. The minimum atomic E-state index is -0.441. The number of benzene rings is 1. The van der Waals surface area contributed by atoms with Gasteiger partial charge in [-0.05, 0) is 42.7 Å². The van der Waals surface area contributed by atoms with Gasteiger partial charge in [0.25, 0.3) is 0 Å². The molecule has 3 aliphatic rings. The summed E-state index contributed by atoms with van der Waals surface area (Å²) in [5, 5.41) is 8.11. The van der Waals surface area contributed by atoms with E-state index in [9.17, 15) is 0 Å². The smallest absolute Gasteiger partial charge is 0.233 e. The van der Waals surface area contributed by atoms with Crippen molar-refractivity contribution in [1.29, 1.82) is 0 Å². The van der Waals surface area contributed by atoms with Crippen molar-refractivity contribution >= 4 is 12.2 Å². The summed E-state index contributed by atoms with van der Waals surface area (Å²) < 4.78 is 17.7. The molecule has 0 radical (unpaired) electrons. The zero-order chi connectivity index (χ0) is 19.7. The fraction of sp³-hybridized carbons (Fsp3) is 0.478. The first-order valence-corrected chi connectivity index (χ1v) is 10.5. The maximum Gasteiger partial charge on any atom is 0.233 e. The molecule has 5 rings (SSSR count). The number of fused-ring (bicyclic) bond motifs is 1. The van der Waals surface area contributed by atoms with Crippen molar-refractivity contribution in [3.8, 4) is 11.6 Å². The van der Waals surface area contributed by atoms with Gasteiger partial charge in [-0.2, -0.15) is 0 Å². The summed E-state index contributed by atoms with van der Waals surface area (Å²) in [4.78, 5) is 2.62. The number of aromatic nitrogens is 2. The van der Waals surface area contributed by atoms with E-state index >= 15 is 0 Å². The Kier molecular flexibility index (Phi) is 4.97. The molecular formula is C23H27N3O3. The largest absolute Gasteiger partial charge is 0.480 e. The van der Waals surface area contributed by atoms with Crippen LogP contribution in [-0.2, 0) is 11.3 Å². The molecular weight excluding hydrogens is 366 g/mol. The van der Waals surface area contributed by atoms with Crippen LogP contribution in [0.1, 0.15) is 48.9 Å². The lowest BCUT2D eigenvalue weighted by molar-refractivity contribution is -0.231. The van der Waals surface area contributed by atoms with Crippen molar-refractivity contribution in [2.75, 3.05) is 20.2 Å². The van der Waals surface area contributed by atoms with E-state index in [0.29, 0.717) is 12.5 Å². The van der Waals surface area contributed by atoms with E-state index in [4.69, 9.17) is 14.2 Å². The molecule has 29 heavy (non-hydrogen) atoms. The first-order chi connectivity index (χ1) is 14.2. The third kappa shape index (κ3) is 3.87. The van der Waals surface area contributed by atoms with Gasteiger partial charge in [-0.1, -0.05) is 18.6 Å². The van der Waals surface area contributed by atoms with Crippen LogP contribution in [0, 0.1) is 0 Å². The second-order valence-electron chi connectivity index (χ2n) is 8.12. The number of methoxy groups -OCH3 is 1. The first kappa shape index (κ1) is 18.6. The average molecular weight is 393 g/mol. The lowest BCUT2D eigenvalue weighted by Gasteiger charge is -2.47. The van der Waals surface area contributed by atoms with E-state index in [2.05, 4.69) is 33.3 Å². The molecule has 0 N–H and O–H groups in total. The van der Waals surface area contributed by atoms with Crippen LogP contribution in [0.15, 0.2) is 30.3 Å². The Bertz CT molecular complexity index is 885. The molecule has 2 aliphatic heterocycles. The van der Waals surface area contributed by atoms with Crippen molar-refractivity contribution in [3.05, 3.63) is 47.2 Å². The van der Waals surface area contributed by atoms with Crippen LogP contribution in [0.5, 0.6) is 11.6 Å². The number of hydrogen-bond donors (Lipinski definition) is 0. The highest BCUT2D eigenvalue weighted by atomic mass is 16.7. The molecule has 6 nitrogen and oxygen atoms in total. The normalized spacial score (nSPS) is 21.6. The molecule has 152 valence electrons. The molecule has 1 aliphatic carbocycles. The Hall–Kier alpha value is -2.44. The van der Waals surface area contributed by atoms with Gasteiger partial charge in [-0.3, -0.25) is 4.90 Å². The van der Waals surface area contributed by atoms with E-state index in [1.165, 1.54) is 19.3 Å². The molecule has 1 saturated heterocycles. The van der Waals surface area contributed by atoms with Gasteiger partial charge < -0.3 is 14.2 Å². The number of nitrogens with zero attached hydrogens (tertiary/aromatic N) is 3. The highest BCUT2D eigenvalue weighted by Crippen LogP contribution is 2.39. The van der Waals surface area contributed by atoms with E-state index in [0.717, 1.165) is 54.5 Å². The molecule has 3 heterocycles. The van der Waals surface area contributed by atoms with Gasteiger partial charge in [0.05, 0.1) is 19.4 Å². The molecule has 0 unspecified atom stereocenters. The summed E-state index contributed by atoms with van der Waals surface area (Å²) in [6.45, 7) is 2.75. The summed E-state index contributed by atoms with van der Waals surface area (Å²) in [6.07, 6.45) is 9.95. The zero-order valence-corrected chi connectivity index (χ0v) is 16.8. The van der Waals surface area contributed by atoms with Crippen LogP contribution in [0.4, 0.5) is 0 Å². The maximum absolute atomic E-state index is 6.37. The summed E-state index contributed by atoms with van der Waals surface area (Å²) >= 11 is 0. The maximum atomic E-state index is 6.37. The number of likely N-dealkylation sites (tertiary alicyclic amines) is 1. The molecule has 2 fully saturated rings. The molecule has 0 bridgehead atoms. The number of ether oxygens (including phenoxy) is 3. The average Bonchev–Trinajstić information content (AvgIpc) is 2.73. The topological polar surface area (TPSA) is 56.7 Å². The van der Waals surface area contributed by atoms with E-state index in [1.54, 1.807) is 13.2 Å². The van der Waals surface area contributed by atoms with Crippen molar-refractivity contribution in [2.45, 2.75) is 50.5 Å². The summed E-state index contributed by atoms with van der Waals surface area (Å²) in [5.41, 5.74) is 2.97. The van der Waals surface area contributed by atoms with Gasteiger partial charge in [-0.15, -0.1) is 10.2 Å². The standard InChI is InChI=1S/C23H27N3O3/c1-27-22-10-8-19(24-25-22)7-5-17-6-9-21-18(15-17)16-28-23(29-21)11-13-26(14-12-23)20-3-2-4-20/h5-10,15,20H,2-4,11-14,16H2,1H3/b7-5+. The van der Waals surface area contributed by atoms with Gasteiger partial charge in [0.15, 0.2) is 0 Å². The minimum Gasteiger partial charge on any atom is -0.480 e. The minimum absolute atomic E-state index is 0.441. The third-order valence-electron chi connectivity index (χ3n) is 6.34. The monoisotopic (exact) mass is 393 g/mol. The molecule has 1 spiro atoms.